The van der Waals surface area contributed by atoms with Gasteiger partial charge in [-0.2, -0.15) is 5.10 Å². The van der Waals surface area contributed by atoms with Gasteiger partial charge < -0.3 is 15.8 Å². The largest absolute Gasteiger partial charge is 0.383 e. The molecule has 0 bridgehead atoms. The first kappa shape index (κ1) is 7.87. The zero-order chi connectivity index (χ0) is 8.10. The fourth-order valence-electron chi connectivity index (χ4n) is 0.725. The maximum Gasteiger partial charge on any atom is 0.142 e. The molecule has 0 fully saturated rings. The lowest BCUT2D eigenvalue weighted by atomic mass is 10.5. The van der Waals surface area contributed by atoms with Gasteiger partial charge in [0.05, 0.1) is 18.5 Å². The number of aromatic nitrogens is 2. The van der Waals surface area contributed by atoms with Crippen LogP contribution in [0.15, 0.2) is 6.20 Å². The Morgan fingerprint density at radius 1 is 1.82 bits per heavy atom. The van der Waals surface area contributed by atoms with Crippen LogP contribution in [-0.2, 0) is 4.74 Å². The number of methoxy groups -OCH3 is 1. The quantitative estimate of drug-likeness (QED) is 0.538. The summed E-state index contributed by atoms with van der Waals surface area (Å²) in [7, 11) is 1.65. The molecule has 0 saturated carbocycles. The first-order valence-corrected chi connectivity index (χ1v) is 3.36. The molecule has 62 valence electrons. The SMILES string of the molecule is COCCNc1cn[nH]c1N. The van der Waals surface area contributed by atoms with E-state index in [0.717, 1.165) is 12.2 Å². The second-order valence-electron chi connectivity index (χ2n) is 2.12. The smallest absolute Gasteiger partial charge is 0.142 e. The molecule has 0 radical (unpaired) electrons. The molecule has 5 nitrogen and oxygen atoms in total. The van der Waals surface area contributed by atoms with E-state index in [-0.39, 0.29) is 0 Å². The summed E-state index contributed by atoms with van der Waals surface area (Å²) in [5, 5.41) is 9.42. The Labute approximate surface area is 64.9 Å². The molecule has 4 N–H and O–H groups in total. The molecular formula is C6H12N4O. The third-order valence-corrected chi connectivity index (χ3v) is 1.29. The van der Waals surface area contributed by atoms with Crippen molar-refractivity contribution in [1.82, 2.24) is 10.2 Å². The fourth-order valence-corrected chi connectivity index (χ4v) is 0.725. The summed E-state index contributed by atoms with van der Waals surface area (Å²) in [6, 6.07) is 0. The van der Waals surface area contributed by atoms with E-state index in [9.17, 15) is 0 Å². The Hall–Kier alpha value is -1.23. The maximum atomic E-state index is 5.50. The normalized spacial score (nSPS) is 9.91. The highest BCUT2D eigenvalue weighted by atomic mass is 16.5. The number of nitrogens with one attached hydrogen (secondary N) is 2. The van der Waals surface area contributed by atoms with E-state index >= 15 is 0 Å². The van der Waals surface area contributed by atoms with Gasteiger partial charge in [-0.1, -0.05) is 0 Å². The van der Waals surface area contributed by atoms with Crippen LogP contribution < -0.4 is 11.1 Å². The van der Waals surface area contributed by atoms with Crippen LogP contribution in [0.2, 0.25) is 0 Å². The highest BCUT2D eigenvalue weighted by Crippen LogP contribution is 2.11. The van der Waals surface area contributed by atoms with E-state index < -0.39 is 0 Å². The number of nitrogens with two attached hydrogens (primary N) is 1. The number of nitrogen functional groups attached to an aromatic ring is 1. The molecule has 1 heterocycles. The molecule has 0 amide bonds. The highest BCUT2D eigenvalue weighted by molar-refractivity contribution is 5.59. The molecule has 0 aromatic carbocycles. The van der Waals surface area contributed by atoms with Crippen LogP contribution in [-0.4, -0.2) is 30.5 Å². The van der Waals surface area contributed by atoms with Crippen LogP contribution in [0.5, 0.6) is 0 Å². The van der Waals surface area contributed by atoms with Crippen molar-refractivity contribution in [2.45, 2.75) is 0 Å². The Bertz CT molecular complexity index is 210. The zero-order valence-electron chi connectivity index (χ0n) is 6.42. The van der Waals surface area contributed by atoms with Crippen LogP contribution >= 0.6 is 0 Å². The minimum Gasteiger partial charge on any atom is -0.383 e. The van der Waals surface area contributed by atoms with Crippen LogP contribution in [0.3, 0.4) is 0 Å². The summed E-state index contributed by atoms with van der Waals surface area (Å²) >= 11 is 0. The number of rotatable bonds is 4. The fraction of sp³-hybridized carbons (Fsp3) is 0.500. The lowest BCUT2D eigenvalue weighted by Gasteiger charge is -2.01. The van der Waals surface area contributed by atoms with Crippen LogP contribution in [0, 0.1) is 0 Å². The van der Waals surface area contributed by atoms with Crippen molar-refractivity contribution in [2.75, 3.05) is 31.3 Å². The Kier molecular flexibility index (Phi) is 2.74. The lowest BCUT2D eigenvalue weighted by Crippen LogP contribution is -2.08. The van der Waals surface area contributed by atoms with Gasteiger partial charge in [-0.25, -0.2) is 0 Å². The monoisotopic (exact) mass is 156 g/mol. The maximum absolute atomic E-state index is 5.50. The van der Waals surface area contributed by atoms with Crippen molar-refractivity contribution >= 4 is 11.5 Å². The van der Waals surface area contributed by atoms with Crippen molar-refractivity contribution in [3.63, 3.8) is 0 Å². The van der Waals surface area contributed by atoms with Gasteiger partial charge in [0.1, 0.15) is 5.82 Å². The average Bonchev–Trinajstić information content (AvgIpc) is 2.37. The molecule has 1 rings (SSSR count). The van der Waals surface area contributed by atoms with Crippen LogP contribution in [0.1, 0.15) is 0 Å². The minimum atomic E-state index is 0.557. The number of nitrogens with zero attached hydrogens (tertiary/aromatic N) is 1. The summed E-state index contributed by atoms with van der Waals surface area (Å²) in [6.45, 7) is 1.39. The van der Waals surface area contributed by atoms with Gasteiger partial charge in [0, 0.05) is 13.7 Å². The summed E-state index contributed by atoms with van der Waals surface area (Å²) < 4.78 is 4.85. The molecule has 1 aromatic heterocycles. The molecule has 0 spiro atoms. The Morgan fingerprint density at radius 3 is 3.18 bits per heavy atom. The van der Waals surface area contributed by atoms with Gasteiger partial charge in [-0.15, -0.1) is 0 Å². The number of aromatic amines is 1. The lowest BCUT2D eigenvalue weighted by molar-refractivity contribution is 0.211. The average molecular weight is 156 g/mol. The molecule has 11 heavy (non-hydrogen) atoms. The predicted molar refractivity (Wildman–Crippen MR) is 43.4 cm³/mol. The number of hydrogen-bond donors (Lipinski definition) is 3. The summed E-state index contributed by atoms with van der Waals surface area (Å²) in [6.07, 6.45) is 1.64. The number of H-pyrrole nitrogens is 1. The Morgan fingerprint density at radius 2 is 2.64 bits per heavy atom. The van der Waals surface area contributed by atoms with Gasteiger partial charge in [0.15, 0.2) is 0 Å². The zero-order valence-corrected chi connectivity index (χ0v) is 6.42. The van der Waals surface area contributed by atoms with Gasteiger partial charge in [-0.3, -0.25) is 5.10 Å². The molecule has 5 heteroatoms. The summed E-state index contributed by atoms with van der Waals surface area (Å²) in [4.78, 5) is 0. The second kappa shape index (κ2) is 3.82. The molecule has 0 aliphatic rings. The number of ether oxygens (including phenoxy) is 1. The van der Waals surface area contributed by atoms with Gasteiger partial charge in [-0.05, 0) is 0 Å². The van der Waals surface area contributed by atoms with Crippen molar-refractivity contribution in [3.8, 4) is 0 Å². The van der Waals surface area contributed by atoms with E-state index in [2.05, 4.69) is 15.5 Å². The topological polar surface area (TPSA) is 76.0 Å². The van der Waals surface area contributed by atoms with Crippen molar-refractivity contribution in [3.05, 3.63) is 6.20 Å². The molecule has 0 saturated heterocycles. The van der Waals surface area contributed by atoms with Crippen molar-refractivity contribution in [1.29, 1.82) is 0 Å². The summed E-state index contributed by atoms with van der Waals surface area (Å²) in [5.41, 5.74) is 6.32. The molecule has 0 atom stereocenters. The minimum absolute atomic E-state index is 0.557. The van der Waals surface area contributed by atoms with Crippen LogP contribution in [0.25, 0.3) is 0 Å². The number of anilines is 2. The standard InChI is InChI=1S/C6H12N4O/c1-11-3-2-8-5-4-9-10-6(5)7/h4,8H,2-3H2,1H3,(H3,7,9,10). The van der Waals surface area contributed by atoms with E-state index in [4.69, 9.17) is 10.5 Å². The molecular weight excluding hydrogens is 144 g/mol. The molecule has 1 aromatic rings. The molecule has 0 aliphatic carbocycles. The van der Waals surface area contributed by atoms with Crippen LogP contribution in [0.4, 0.5) is 11.5 Å². The summed E-state index contributed by atoms with van der Waals surface area (Å²) in [5.74, 6) is 0.557. The second-order valence-corrected chi connectivity index (χ2v) is 2.12. The van der Waals surface area contributed by atoms with E-state index in [1.54, 1.807) is 13.3 Å². The van der Waals surface area contributed by atoms with E-state index in [1.807, 2.05) is 0 Å². The van der Waals surface area contributed by atoms with Gasteiger partial charge in [0.25, 0.3) is 0 Å². The predicted octanol–water partition coefficient (Wildman–Crippen LogP) is 0.0502. The molecule has 0 unspecified atom stereocenters. The first-order chi connectivity index (χ1) is 5.34. The van der Waals surface area contributed by atoms with E-state index in [1.165, 1.54) is 0 Å². The molecule has 0 aliphatic heterocycles. The van der Waals surface area contributed by atoms with Crippen molar-refractivity contribution in [2.24, 2.45) is 0 Å². The van der Waals surface area contributed by atoms with Crippen molar-refractivity contribution < 1.29 is 4.74 Å². The van der Waals surface area contributed by atoms with Gasteiger partial charge >= 0.3 is 0 Å². The van der Waals surface area contributed by atoms with Gasteiger partial charge in [0.2, 0.25) is 0 Å². The van der Waals surface area contributed by atoms with E-state index in [0.29, 0.717) is 12.4 Å². The Balaban J connectivity index is 2.32. The first-order valence-electron chi connectivity index (χ1n) is 3.36. The number of hydrogen-bond acceptors (Lipinski definition) is 4. The highest BCUT2D eigenvalue weighted by Gasteiger charge is 1.97. The third-order valence-electron chi connectivity index (χ3n) is 1.29. The third kappa shape index (κ3) is 2.12.